The minimum absolute atomic E-state index is 0.0775. The van der Waals surface area contributed by atoms with Crippen LogP contribution in [-0.2, 0) is 4.79 Å². The second kappa shape index (κ2) is 28.9. The number of unbranched alkanes of at least 4 members (excludes halogenated alkanes) is 11. The summed E-state index contributed by atoms with van der Waals surface area (Å²) < 4.78 is 0. The van der Waals surface area contributed by atoms with Gasteiger partial charge in [0.05, 0.1) is 18.8 Å². The standard InChI is InChI=1S/C33H59NO3/c1-3-5-7-9-11-13-15-16-17-18-19-21-23-25-27-29-33(37)34-31(30-35)32(36)28-26-24-22-20-14-12-10-8-6-4-2/h5,7,11,13,16-17,19,21,31-32,35-36H,3-4,6,8-10,12,14-15,18,20,22-30H2,1-2H3,(H,34,37)/b7-5-,13-11-,17-16-,21-19-. The maximum absolute atomic E-state index is 12.2. The van der Waals surface area contributed by atoms with Gasteiger partial charge in [0.1, 0.15) is 0 Å². The summed E-state index contributed by atoms with van der Waals surface area (Å²) in [5, 5.41) is 22.8. The summed E-state index contributed by atoms with van der Waals surface area (Å²) in [4.78, 5) is 12.2. The van der Waals surface area contributed by atoms with Crippen LogP contribution in [-0.4, -0.2) is 34.9 Å². The van der Waals surface area contributed by atoms with E-state index in [1.165, 1.54) is 51.4 Å². The Balaban J connectivity index is 3.74. The highest BCUT2D eigenvalue weighted by molar-refractivity contribution is 5.76. The maximum Gasteiger partial charge on any atom is 0.220 e. The fraction of sp³-hybridized carbons (Fsp3) is 0.727. The van der Waals surface area contributed by atoms with Crippen LogP contribution in [0.25, 0.3) is 0 Å². The van der Waals surface area contributed by atoms with E-state index >= 15 is 0 Å². The number of rotatable bonds is 26. The molecule has 0 aliphatic carbocycles. The van der Waals surface area contributed by atoms with Crippen LogP contribution in [0.15, 0.2) is 48.6 Å². The van der Waals surface area contributed by atoms with Crippen LogP contribution < -0.4 is 5.32 Å². The first-order valence-corrected chi connectivity index (χ1v) is 15.3. The topological polar surface area (TPSA) is 69.6 Å². The van der Waals surface area contributed by atoms with Gasteiger partial charge < -0.3 is 15.5 Å². The number of carbonyl (C=O) groups excluding carboxylic acids is 1. The Bertz CT molecular complexity index is 609. The van der Waals surface area contributed by atoms with Crippen LogP contribution in [0.4, 0.5) is 0 Å². The molecule has 0 aromatic heterocycles. The first kappa shape index (κ1) is 35.4. The fourth-order valence-electron chi connectivity index (χ4n) is 4.23. The average molecular weight is 518 g/mol. The van der Waals surface area contributed by atoms with Crippen molar-refractivity contribution in [2.75, 3.05) is 6.61 Å². The smallest absolute Gasteiger partial charge is 0.220 e. The number of hydrogen-bond acceptors (Lipinski definition) is 3. The molecule has 0 aromatic rings. The second-order valence-corrected chi connectivity index (χ2v) is 10.1. The molecule has 2 unspecified atom stereocenters. The van der Waals surface area contributed by atoms with Crippen LogP contribution in [0.1, 0.15) is 136 Å². The van der Waals surface area contributed by atoms with Gasteiger partial charge in [-0.3, -0.25) is 4.79 Å². The molecule has 0 fully saturated rings. The fourth-order valence-corrected chi connectivity index (χ4v) is 4.23. The molecule has 0 aromatic carbocycles. The molecule has 0 heterocycles. The molecule has 0 bridgehead atoms. The summed E-state index contributed by atoms with van der Waals surface area (Å²) in [6.45, 7) is 4.18. The van der Waals surface area contributed by atoms with E-state index < -0.39 is 12.1 Å². The molecule has 0 aliphatic heterocycles. The zero-order valence-corrected chi connectivity index (χ0v) is 24.2. The number of amides is 1. The lowest BCUT2D eigenvalue weighted by atomic mass is 10.0. The Labute approximate surface area is 229 Å². The van der Waals surface area contributed by atoms with Gasteiger partial charge in [-0.15, -0.1) is 0 Å². The van der Waals surface area contributed by atoms with Crippen molar-refractivity contribution in [2.24, 2.45) is 0 Å². The molecule has 0 saturated carbocycles. The number of allylic oxidation sites excluding steroid dienone is 8. The second-order valence-electron chi connectivity index (χ2n) is 10.1. The zero-order chi connectivity index (χ0) is 27.2. The van der Waals surface area contributed by atoms with E-state index in [0.29, 0.717) is 12.8 Å². The summed E-state index contributed by atoms with van der Waals surface area (Å²) in [5.41, 5.74) is 0. The van der Waals surface area contributed by atoms with Gasteiger partial charge in [-0.05, 0) is 51.4 Å². The first-order chi connectivity index (χ1) is 18.2. The van der Waals surface area contributed by atoms with Crippen molar-refractivity contribution in [3.8, 4) is 0 Å². The highest BCUT2D eigenvalue weighted by Gasteiger charge is 2.19. The molecule has 0 spiro atoms. The molecule has 4 nitrogen and oxygen atoms in total. The van der Waals surface area contributed by atoms with Crippen molar-refractivity contribution < 1.29 is 15.0 Å². The van der Waals surface area contributed by atoms with E-state index in [9.17, 15) is 15.0 Å². The van der Waals surface area contributed by atoms with E-state index in [1.807, 2.05) is 0 Å². The molecule has 0 rings (SSSR count). The number of aliphatic hydroxyl groups excluding tert-OH is 2. The van der Waals surface area contributed by atoms with Crippen molar-refractivity contribution in [3.63, 3.8) is 0 Å². The van der Waals surface area contributed by atoms with Gasteiger partial charge in [0.25, 0.3) is 0 Å². The molecule has 0 aliphatic rings. The van der Waals surface area contributed by atoms with Crippen LogP contribution in [0.5, 0.6) is 0 Å². The first-order valence-electron chi connectivity index (χ1n) is 15.3. The van der Waals surface area contributed by atoms with E-state index in [4.69, 9.17) is 0 Å². The van der Waals surface area contributed by atoms with Gasteiger partial charge >= 0.3 is 0 Å². The highest BCUT2D eigenvalue weighted by atomic mass is 16.3. The van der Waals surface area contributed by atoms with Crippen LogP contribution in [0.3, 0.4) is 0 Å². The minimum Gasteiger partial charge on any atom is -0.394 e. The molecule has 0 radical (unpaired) electrons. The SMILES string of the molecule is CC/C=C\C/C=C\C/C=C\C/C=C\CCCCC(=O)NC(CO)C(O)CCCCCCCCCCCC. The van der Waals surface area contributed by atoms with Gasteiger partial charge in [0.2, 0.25) is 5.91 Å². The lowest BCUT2D eigenvalue weighted by molar-refractivity contribution is -0.123. The Kier molecular flexibility index (Phi) is 27.6. The van der Waals surface area contributed by atoms with E-state index in [2.05, 4.69) is 67.8 Å². The van der Waals surface area contributed by atoms with Crippen molar-refractivity contribution in [3.05, 3.63) is 48.6 Å². The zero-order valence-electron chi connectivity index (χ0n) is 24.2. The van der Waals surface area contributed by atoms with Gasteiger partial charge in [-0.2, -0.15) is 0 Å². The van der Waals surface area contributed by atoms with Gasteiger partial charge in [0, 0.05) is 6.42 Å². The predicted molar refractivity (Wildman–Crippen MR) is 161 cm³/mol. The Morgan fingerprint density at radius 2 is 1.19 bits per heavy atom. The number of nitrogens with one attached hydrogen (secondary N) is 1. The maximum atomic E-state index is 12.2. The molecule has 2 atom stereocenters. The van der Waals surface area contributed by atoms with Crippen molar-refractivity contribution in [2.45, 2.75) is 148 Å². The molecule has 1 amide bonds. The lowest BCUT2D eigenvalue weighted by Crippen LogP contribution is -2.45. The molecule has 37 heavy (non-hydrogen) atoms. The van der Waals surface area contributed by atoms with Crippen molar-refractivity contribution >= 4 is 5.91 Å². The van der Waals surface area contributed by atoms with Crippen LogP contribution in [0, 0.1) is 0 Å². The van der Waals surface area contributed by atoms with Crippen molar-refractivity contribution in [1.29, 1.82) is 0 Å². The number of hydrogen-bond donors (Lipinski definition) is 3. The molecule has 4 heteroatoms. The van der Waals surface area contributed by atoms with E-state index in [0.717, 1.165) is 57.8 Å². The third-order valence-electron chi connectivity index (χ3n) is 6.60. The summed E-state index contributed by atoms with van der Waals surface area (Å²) in [6, 6.07) is -0.555. The molecule has 214 valence electrons. The quantitative estimate of drug-likeness (QED) is 0.0795. The monoisotopic (exact) mass is 517 g/mol. The minimum atomic E-state index is -0.674. The molecule has 0 saturated heterocycles. The molecular weight excluding hydrogens is 458 g/mol. The third kappa shape index (κ3) is 25.8. The Morgan fingerprint density at radius 1 is 0.676 bits per heavy atom. The Morgan fingerprint density at radius 3 is 1.73 bits per heavy atom. The average Bonchev–Trinajstić information content (AvgIpc) is 2.90. The summed E-state index contributed by atoms with van der Waals surface area (Å²) in [7, 11) is 0. The largest absolute Gasteiger partial charge is 0.394 e. The normalized spacial score (nSPS) is 13.9. The summed E-state index contributed by atoms with van der Waals surface area (Å²) in [5.74, 6) is -0.0775. The van der Waals surface area contributed by atoms with Gasteiger partial charge in [-0.1, -0.05) is 127 Å². The molecular formula is C33H59NO3. The molecule has 3 N–H and O–H groups in total. The third-order valence-corrected chi connectivity index (χ3v) is 6.60. The van der Waals surface area contributed by atoms with E-state index in [1.54, 1.807) is 0 Å². The van der Waals surface area contributed by atoms with Gasteiger partial charge in [0.15, 0.2) is 0 Å². The number of aliphatic hydroxyl groups is 2. The highest BCUT2D eigenvalue weighted by Crippen LogP contribution is 2.13. The summed E-state index contributed by atoms with van der Waals surface area (Å²) in [6.07, 6.45) is 37.2. The van der Waals surface area contributed by atoms with Gasteiger partial charge in [-0.25, -0.2) is 0 Å². The van der Waals surface area contributed by atoms with E-state index in [-0.39, 0.29) is 12.5 Å². The lowest BCUT2D eigenvalue weighted by Gasteiger charge is -2.22. The van der Waals surface area contributed by atoms with Crippen molar-refractivity contribution in [1.82, 2.24) is 5.32 Å². The Hall–Kier alpha value is -1.65. The summed E-state index contributed by atoms with van der Waals surface area (Å²) >= 11 is 0. The predicted octanol–water partition coefficient (Wildman–Crippen LogP) is 8.50. The van der Waals surface area contributed by atoms with Crippen LogP contribution >= 0.6 is 0 Å². The number of carbonyl (C=O) groups is 1. The van der Waals surface area contributed by atoms with Crippen LogP contribution in [0.2, 0.25) is 0 Å².